The molecule has 0 bridgehead atoms. The van der Waals surface area contributed by atoms with Gasteiger partial charge in [0.05, 0.1) is 6.26 Å². The lowest BCUT2D eigenvalue weighted by Gasteiger charge is -2.05. The van der Waals surface area contributed by atoms with Crippen molar-refractivity contribution in [2.45, 2.75) is 6.61 Å². The number of hydrogen-bond donors (Lipinski definition) is 1. The molecule has 0 aliphatic heterocycles. The molecule has 3 nitrogen and oxygen atoms in total. The fourth-order valence-corrected chi connectivity index (χ4v) is 1.18. The average Bonchev–Trinajstić information content (AvgIpc) is 2.69. The molecule has 0 fully saturated rings. The highest BCUT2D eigenvalue weighted by Gasteiger charge is 2.04. The minimum Gasteiger partial charge on any atom is -0.483 e. The van der Waals surface area contributed by atoms with Crippen LogP contribution in [-0.4, -0.2) is 0 Å². The molecular weight excluding hydrogens is 197 g/mol. The third-order valence-electron chi connectivity index (χ3n) is 1.91. The molecule has 2 aromatic rings. The first-order valence-electron chi connectivity index (χ1n) is 4.46. The Morgan fingerprint density at radius 1 is 1.33 bits per heavy atom. The number of nitrogens with two attached hydrogens (primary N) is 1. The van der Waals surface area contributed by atoms with Gasteiger partial charge >= 0.3 is 0 Å². The normalized spacial score (nSPS) is 10.2. The van der Waals surface area contributed by atoms with E-state index in [-0.39, 0.29) is 12.4 Å². The summed E-state index contributed by atoms with van der Waals surface area (Å²) < 4.78 is 23.5. The molecule has 4 heteroatoms. The first-order valence-corrected chi connectivity index (χ1v) is 4.46. The molecule has 0 aliphatic rings. The Hall–Kier alpha value is -1.97. The molecule has 1 aromatic carbocycles. The fraction of sp³-hybridized carbons (Fsp3) is 0.0909. The third kappa shape index (κ3) is 2.28. The van der Waals surface area contributed by atoms with Crippen LogP contribution < -0.4 is 10.5 Å². The molecule has 2 rings (SSSR count). The summed E-state index contributed by atoms with van der Waals surface area (Å²) in [6.45, 7) is 0.202. The van der Waals surface area contributed by atoms with Crippen molar-refractivity contribution < 1.29 is 13.5 Å². The lowest BCUT2D eigenvalue weighted by molar-refractivity contribution is 0.259. The molecule has 1 heterocycles. The maximum atomic E-state index is 13.2. The third-order valence-corrected chi connectivity index (χ3v) is 1.91. The standard InChI is InChI=1S/C11H10FNO2/c12-10-6-8(13)3-4-11(10)15-7-9-2-1-5-14-9/h1-6H,7,13H2. The van der Waals surface area contributed by atoms with Crippen LogP contribution in [0.4, 0.5) is 10.1 Å². The van der Waals surface area contributed by atoms with E-state index >= 15 is 0 Å². The van der Waals surface area contributed by atoms with Gasteiger partial charge in [-0.2, -0.15) is 0 Å². The SMILES string of the molecule is Nc1ccc(OCc2ccco2)c(F)c1. The van der Waals surface area contributed by atoms with Crippen LogP contribution in [0.5, 0.6) is 5.75 Å². The van der Waals surface area contributed by atoms with Gasteiger partial charge in [-0.1, -0.05) is 0 Å². The minimum atomic E-state index is -0.471. The van der Waals surface area contributed by atoms with Crippen molar-refractivity contribution >= 4 is 5.69 Å². The Labute approximate surface area is 86.3 Å². The molecule has 0 saturated carbocycles. The maximum Gasteiger partial charge on any atom is 0.167 e. The highest BCUT2D eigenvalue weighted by Crippen LogP contribution is 2.20. The molecule has 0 spiro atoms. The molecular formula is C11H10FNO2. The summed E-state index contributed by atoms with van der Waals surface area (Å²) in [6, 6.07) is 7.80. The van der Waals surface area contributed by atoms with Crippen molar-refractivity contribution in [3.05, 3.63) is 48.2 Å². The summed E-state index contributed by atoms with van der Waals surface area (Å²) in [4.78, 5) is 0. The van der Waals surface area contributed by atoms with Crippen LogP contribution in [0.15, 0.2) is 41.0 Å². The van der Waals surface area contributed by atoms with Crippen LogP contribution in [0.1, 0.15) is 5.76 Å². The van der Waals surface area contributed by atoms with Gasteiger partial charge in [0.25, 0.3) is 0 Å². The molecule has 1 aromatic heterocycles. The lowest BCUT2D eigenvalue weighted by atomic mass is 10.3. The first-order chi connectivity index (χ1) is 7.25. The minimum absolute atomic E-state index is 0.167. The predicted octanol–water partition coefficient (Wildman–Crippen LogP) is 2.58. The van der Waals surface area contributed by atoms with Crippen molar-refractivity contribution in [3.63, 3.8) is 0 Å². The van der Waals surface area contributed by atoms with Gasteiger partial charge in [-0.3, -0.25) is 0 Å². The summed E-state index contributed by atoms with van der Waals surface area (Å²) in [5.74, 6) is 0.341. The Balaban J connectivity index is 2.05. The van der Waals surface area contributed by atoms with E-state index in [1.165, 1.54) is 18.4 Å². The molecule has 0 aliphatic carbocycles. The van der Waals surface area contributed by atoms with Crippen molar-refractivity contribution in [1.29, 1.82) is 0 Å². The van der Waals surface area contributed by atoms with Crippen molar-refractivity contribution in [2.24, 2.45) is 0 Å². The second-order valence-corrected chi connectivity index (χ2v) is 3.06. The van der Waals surface area contributed by atoms with E-state index < -0.39 is 5.82 Å². The van der Waals surface area contributed by atoms with Crippen LogP contribution in [0.3, 0.4) is 0 Å². The second-order valence-electron chi connectivity index (χ2n) is 3.06. The maximum absolute atomic E-state index is 13.2. The van der Waals surface area contributed by atoms with E-state index in [0.29, 0.717) is 11.4 Å². The Bertz CT molecular complexity index is 440. The van der Waals surface area contributed by atoms with Gasteiger partial charge in [0.15, 0.2) is 11.6 Å². The number of rotatable bonds is 3. The van der Waals surface area contributed by atoms with Crippen LogP contribution in [0.2, 0.25) is 0 Å². The van der Waals surface area contributed by atoms with E-state index in [1.54, 1.807) is 18.2 Å². The summed E-state index contributed by atoms with van der Waals surface area (Å²) in [7, 11) is 0. The van der Waals surface area contributed by atoms with Crippen molar-refractivity contribution in [1.82, 2.24) is 0 Å². The smallest absolute Gasteiger partial charge is 0.167 e. The van der Waals surface area contributed by atoms with Gasteiger partial charge in [-0.15, -0.1) is 0 Å². The van der Waals surface area contributed by atoms with Gasteiger partial charge in [-0.25, -0.2) is 4.39 Å². The Morgan fingerprint density at radius 2 is 2.20 bits per heavy atom. The van der Waals surface area contributed by atoms with E-state index in [4.69, 9.17) is 14.9 Å². The zero-order valence-corrected chi connectivity index (χ0v) is 7.94. The zero-order valence-electron chi connectivity index (χ0n) is 7.94. The van der Waals surface area contributed by atoms with Gasteiger partial charge < -0.3 is 14.9 Å². The van der Waals surface area contributed by atoms with Crippen LogP contribution in [0.25, 0.3) is 0 Å². The number of benzene rings is 1. The topological polar surface area (TPSA) is 48.4 Å². The second kappa shape index (κ2) is 4.04. The van der Waals surface area contributed by atoms with Crippen molar-refractivity contribution in [2.75, 3.05) is 5.73 Å². The number of furan rings is 1. The number of anilines is 1. The quantitative estimate of drug-likeness (QED) is 0.787. The first kappa shape index (κ1) is 9.58. The van der Waals surface area contributed by atoms with Gasteiger partial charge in [0.1, 0.15) is 12.4 Å². The molecule has 0 radical (unpaired) electrons. The molecule has 0 unspecified atom stereocenters. The highest BCUT2D eigenvalue weighted by molar-refractivity contribution is 5.42. The molecule has 78 valence electrons. The molecule has 0 saturated heterocycles. The largest absolute Gasteiger partial charge is 0.483 e. The Kier molecular flexibility index (Phi) is 2.58. The van der Waals surface area contributed by atoms with Gasteiger partial charge in [0, 0.05) is 11.8 Å². The molecule has 2 N–H and O–H groups in total. The number of nitrogen functional groups attached to an aromatic ring is 1. The van der Waals surface area contributed by atoms with Gasteiger partial charge in [0.2, 0.25) is 0 Å². The molecule has 0 atom stereocenters. The predicted molar refractivity (Wildman–Crippen MR) is 53.9 cm³/mol. The summed E-state index contributed by atoms with van der Waals surface area (Å²) >= 11 is 0. The number of halogens is 1. The lowest BCUT2D eigenvalue weighted by Crippen LogP contribution is -1.97. The van der Waals surface area contributed by atoms with Crippen LogP contribution >= 0.6 is 0 Å². The van der Waals surface area contributed by atoms with E-state index in [0.717, 1.165) is 0 Å². The number of hydrogen-bond acceptors (Lipinski definition) is 3. The van der Waals surface area contributed by atoms with Crippen LogP contribution in [-0.2, 0) is 6.61 Å². The summed E-state index contributed by atoms with van der Waals surface area (Å²) in [6.07, 6.45) is 1.54. The highest BCUT2D eigenvalue weighted by atomic mass is 19.1. The average molecular weight is 207 g/mol. The van der Waals surface area contributed by atoms with E-state index in [2.05, 4.69) is 0 Å². The van der Waals surface area contributed by atoms with Crippen LogP contribution in [0, 0.1) is 5.82 Å². The zero-order chi connectivity index (χ0) is 10.7. The molecule has 0 amide bonds. The monoisotopic (exact) mass is 207 g/mol. The summed E-state index contributed by atoms with van der Waals surface area (Å²) in [5, 5.41) is 0. The van der Waals surface area contributed by atoms with E-state index in [1.807, 2.05) is 0 Å². The van der Waals surface area contributed by atoms with Gasteiger partial charge in [-0.05, 0) is 24.3 Å². The summed E-state index contributed by atoms with van der Waals surface area (Å²) in [5.41, 5.74) is 5.78. The fourth-order valence-electron chi connectivity index (χ4n) is 1.18. The van der Waals surface area contributed by atoms with Crippen molar-refractivity contribution in [3.8, 4) is 5.75 Å². The number of ether oxygens (including phenoxy) is 1. The van der Waals surface area contributed by atoms with E-state index in [9.17, 15) is 4.39 Å². The molecule has 15 heavy (non-hydrogen) atoms. The Morgan fingerprint density at radius 3 is 2.87 bits per heavy atom.